The van der Waals surface area contributed by atoms with Crippen LogP contribution in [0.3, 0.4) is 0 Å². The van der Waals surface area contributed by atoms with Crippen molar-refractivity contribution in [3.8, 4) is 17.2 Å². The third kappa shape index (κ3) is 5.17. The molecule has 1 aliphatic rings. The highest BCUT2D eigenvalue weighted by molar-refractivity contribution is 9.10. The standard InChI is InChI=1S/C22H22BrNO5S/c1-4-28-19-11-15(17(23)13-18(19)27-3)12-20-21(25)24(22(26)30-20)9-10-29-16-7-5-14(2)6-8-16/h5-8,11-13H,4,9-10H2,1-3H3/b20-12-. The van der Waals surface area contributed by atoms with Crippen molar-refractivity contribution in [2.45, 2.75) is 13.8 Å². The average Bonchev–Trinajstić information content (AvgIpc) is 2.99. The molecule has 0 N–H and O–H groups in total. The minimum atomic E-state index is -0.335. The highest BCUT2D eigenvalue weighted by Gasteiger charge is 2.35. The third-order valence-corrected chi connectivity index (χ3v) is 5.94. The smallest absolute Gasteiger partial charge is 0.293 e. The van der Waals surface area contributed by atoms with Crippen LogP contribution in [0.4, 0.5) is 4.79 Å². The molecule has 1 aliphatic heterocycles. The molecule has 0 radical (unpaired) electrons. The lowest BCUT2D eigenvalue weighted by atomic mass is 10.2. The van der Waals surface area contributed by atoms with Gasteiger partial charge in [-0.05, 0) is 61.5 Å². The largest absolute Gasteiger partial charge is 0.493 e. The quantitative estimate of drug-likeness (QED) is 0.468. The van der Waals surface area contributed by atoms with Crippen molar-refractivity contribution in [2.75, 3.05) is 26.9 Å². The Kier molecular flexibility index (Phi) is 7.44. The number of methoxy groups -OCH3 is 1. The molecule has 2 amide bonds. The topological polar surface area (TPSA) is 65.1 Å². The molecule has 3 rings (SSSR count). The van der Waals surface area contributed by atoms with Crippen molar-refractivity contribution >= 4 is 44.9 Å². The summed E-state index contributed by atoms with van der Waals surface area (Å²) < 4.78 is 17.3. The number of imide groups is 1. The van der Waals surface area contributed by atoms with Crippen LogP contribution in [0.1, 0.15) is 18.1 Å². The molecule has 0 aliphatic carbocycles. The molecule has 2 aromatic carbocycles. The van der Waals surface area contributed by atoms with Gasteiger partial charge in [-0.25, -0.2) is 0 Å². The molecule has 6 nitrogen and oxygen atoms in total. The van der Waals surface area contributed by atoms with Gasteiger partial charge in [0.15, 0.2) is 11.5 Å². The van der Waals surface area contributed by atoms with E-state index in [1.165, 1.54) is 4.90 Å². The molecule has 30 heavy (non-hydrogen) atoms. The average molecular weight is 492 g/mol. The predicted octanol–water partition coefficient (Wildman–Crippen LogP) is 5.28. The molecule has 1 heterocycles. The Morgan fingerprint density at radius 1 is 1.10 bits per heavy atom. The van der Waals surface area contributed by atoms with Crippen LogP contribution < -0.4 is 14.2 Å². The van der Waals surface area contributed by atoms with E-state index in [1.807, 2.05) is 38.1 Å². The second-order valence-electron chi connectivity index (χ2n) is 6.45. The van der Waals surface area contributed by atoms with Gasteiger partial charge in [-0.1, -0.05) is 33.6 Å². The van der Waals surface area contributed by atoms with Gasteiger partial charge in [-0.3, -0.25) is 14.5 Å². The molecule has 2 aromatic rings. The van der Waals surface area contributed by atoms with E-state index in [0.29, 0.717) is 28.8 Å². The number of benzene rings is 2. The van der Waals surface area contributed by atoms with Crippen molar-refractivity contribution in [1.82, 2.24) is 4.90 Å². The van der Waals surface area contributed by atoms with Gasteiger partial charge in [0.2, 0.25) is 0 Å². The van der Waals surface area contributed by atoms with E-state index >= 15 is 0 Å². The number of rotatable bonds is 8. The lowest BCUT2D eigenvalue weighted by Crippen LogP contribution is -2.32. The third-order valence-electron chi connectivity index (χ3n) is 4.35. The van der Waals surface area contributed by atoms with Crippen molar-refractivity contribution in [3.63, 3.8) is 0 Å². The highest BCUT2D eigenvalue weighted by atomic mass is 79.9. The zero-order valence-corrected chi connectivity index (χ0v) is 19.3. The van der Waals surface area contributed by atoms with Gasteiger partial charge in [0.25, 0.3) is 11.1 Å². The van der Waals surface area contributed by atoms with Crippen LogP contribution >= 0.6 is 27.7 Å². The molecular formula is C22H22BrNO5S. The van der Waals surface area contributed by atoms with E-state index in [-0.39, 0.29) is 24.3 Å². The lowest BCUT2D eigenvalue weighted by Gasteiger charge is -2.13. The molecule has 0 atom stereocenters. The maximum Gasteiger partial charge on any atom is 0.293 e. The van der Waals surface area contributed by atoms with E-state index in [4.69, 9.17) is 14.2 Å². The Bertz CT molecular complexity index is 974. The molecule has 1 saturated heterocycles. The van der Waals surface area contributed by atoms with Gasteiger partial charge >= 0.3 is 0 Å². The fraction of sp³-hybridized carbons (Fsp3) is 0.273. The van der Waals surface area contributed by atoms with Crippen molar-refractivity contribution in [3.05, 3.63) is 56.9 Å². The normalized spacial score (nSPS) is 15.1. The predicted molar refractivity (Wildman–Crippen MR) is 121 cm³/mol. The van der Waals surface area contributed by atoms with Gasteiger partial charge in [-0.15, -0.1) is 0 Å². The van der Waals surface area contributed by atoms with Crippen LogP contribution in [0, 0.1) is 6.92 Å². The number of amides is 2. The number of halogens is 1. The molecule has 0 aromatic heterocycles. The van der Waals surface area contributed by atoms with E-state index in [1.54, 1.807) is 25.3 Å². The monoisotopic (exact) mass is 491 g/mol. The van der Waals surface area contributed by atoms with Gasteiger partial charge in [0.05, 0.1) is 25.2 Å². The first-order valence-electron chi connectivity index (χ1n) is 9.38. The number of thioether (sulfide) groups is 1. The summed E-state index contributed by atoms with van der Waals surface area (Å²) in [5, 5.41) is -0.312. The number of ether oxygens (including phenoxy) is 3. The Hall–Kier alpha value is -2.45. The molecule has 8 heteroatoms. The SMILES string of the molecule is CCOc1cc(/C=C2\SC(=O)N(CCOc3ccc(C)cc3)C2=O)c(Br)cc1OC. The summed E-state index contributed by atoms with van der Waals surface area (Å²) in [4.78, 5) is 26.6. The minimum absolute atomic E-state index is 0.184. The van der Waals surface area contributed by atoms with E-state index in [9.17, 15) is 9.59 Å². The summed E-state index contributed by atoms with van der Waals surface area (Å²) in [5.74, 6) is 1.52. The first kappa shape index (κ1) is 22.2. The molecular weight excluding hydrogens is 470 g/mol. The van der Waals surface area contributed by atoms with E-state index in [2.05, 4.69) is 15.9 Å². The Morgan fingerprint density at radius 3 is 2.50 bits per heavy atom. The van der Waals surface area contributed by atoms with Crippen LogP contribution in [0.15, 0.2) is 45.8 Å². The number of nitrogens with zero attached hydrogens (tertiary/aromatic N) is 1. The summed E-state index contributed by atoms with van der Waals surface area (Å²) in [6.07, 6.45) is 1.68. The first-order valence-corrected chi connectivity index (χ1v) is 11.0. The first-order chi connectivity index (χ1) is 14.4. The zero-order valence-electron chi connectivity index (χ0n) is 16.9. The number of carbonyl (C=O) groups is 2. The molecule has 0 bridgehead atoms. The van der Waals surface area contributed by atoms with Gasteiger partial charge in [0, 0.05) is 4.47 Å². The molecule has 0 unspecified atom stereocenters. The molecule has 158 valence electrons. The fourth-order valence-electron chi connectivity index (χ4n) is 2.81. The lowest BCUT2D eigenvalue weighted by molar-refractivity contribution is -0.123. The fourth-order valence-corrected chi connectivity index (χ4v) is 4.11. The Balaban J connectivity index is 1.71. The summed E-state index contributed by atoms with van der Waals surface area (Å²) in [5.41, 5.74) is 1.86. The minimum Gasteiger partial charge on any atom is -0.493 e. The number of hydrogen-bond donors (Lipinski definition) is 0. The van der Waals surface area contributed by atoms with Crippen molar-refractivity contribution in [1.29, 1.82) is 0 Å². The maximum absolute atomic E-state index is 12.7. The molecule has 0 spiro atoms. The molecule has 1 fully saturated rings. The highest BCUT2D eigenvalue weighted by Crippen LogP contribution is 2.38. The number of aryl methyl sites for hydroxylation is 1. The Morgan fingerprint density at radius 2 is 1.83 bits per heavy atom. The number of hydrogen-bond acceptors (Lipinski definition) is 6. The second-order valence-corrected chi connectivity index (χ2v) is 8.30. The van der Waals surface area contributed by atoms with Crippen molar-refractivity contribution in [2.24, 2.45) is 0 Å². The summed E-state index contributed by atoms with van der Waals surface area (Å²) >= 11 is 4.40. The molecule has 0 saturated carbocycles. The van der Waals surface area contributed by atoms with Crippen LogP contribution in [-0.2, 0) is 4.79 Å². The summed E-state index contributed by atoms with van der Waals surface area (Å²) in [6, 6.07) is 11.2. The second kappa shape index (κ2) is 10.0. The van der Waals surface area contributed by atoms with Crippen LogP contribution in [0.25, 0.3) is 6.08 Å². The summed E-state index contributed by atoms with van der Waals surface area (Å²) in [7, 11) is 1.56. The van der Waals surface area contributed by atoms with Crippen LogP contribution in [-0.4, -0.2) is 42.9 Å². The van der Waals surface area contributed by atoms with E-state index in [0.717, 1.165) is 27.4 Å². The van der Waals surface area contributed by atoms with Gasteiger partial charge < -0.3 is 14.2 Å². The van der Waals surface area contributed by atoms with Crippen LogP contribution in [0.2, 0.25) is 0 Å². The summed E-state index contributed by atoms with van der Waals surface area (Å²) in [6.45, 7) is 4.77. The zero-order chi connectivity index (χ0) is 21.7. The maximum atomic E-state index is 12.7. The van der Waals surface area contributed by atoms with Crippen LogP contribution in [0.5, 0.6) is 17.2 Å². The van der Waals surface area contributed by atoms with E-state index < -0.39 is 0 Å². The van der Waals surface area contributed by atoms with Gasteiger partial charge in [-0.2, -0.15) is 0 Å². The Labute approximate surface area is 188 Å². The van der Waals surface area contributed by atoms with Crippen molar-refractivity contribution < 1.29 is 23.8 Å². The number of carbonyl (C=O) groups excluding carboxylic acids is 2. The van der Waals surface area contributed by atoms with Gasteiger partial charge in [0.1, 0.15) is 12.4 Å².